The molecule has 0 aromatic heterocycles. The van der Waals surface area contributed by atoms with Gasteiger partial charge in [0.05, 0.1) is 18.8 Å². The predicted octanol–water partition coefficient (Wildman–Crippen LogP) is 12.1. The fourth-order valence-corrected chi connectivity index (χ4v) is 6.48. The Kier molecular flexibility index (Phi) is 36.3. The lowest BCUT2D eigenvalue weighted by Gasteiger charge is -2.22. The van der Waals surface area contributed by atoms with E-state index in [9.17, 15) is 15.0 Å². The zero-order chi connectivity index (χ0) is 32.2. The average molecular weight is 624 g/mol. The van der Waals surface area contributed by atoms with Crippen molar-refractivity contribution in [3.8, 4) is 0 Å². The van der Waals surface area contributed by atoms with Crippen LogP contribution in [0, 0.1) is 0 Å². The Bertz CT molecular complexity index is 555. The van der Waals surface area contributed by atoms with E-state index in [1.54, 1.807) is 0 Å². The van der Waals surface area contributed by atoms with Crippen molar-refractivity contribution in [1.82, 2.24) is 5.32 Å². The summed E-state index contributed by atoms with van der Waals surface area (Å²) in [6, 6.07) is -0.528. The molecule has 0 aliphatic heterocycles. The van der Waals surface area contributed by atoms with Gasteiger partial charge in [-0.15, -0.1) is 0 Å². The molecule has 0 aromatic rings. The molecule has 4 nitrogen and oxygen atoms in total. The Labute approximate surface area is 276 Å². The second-order valence-electron chi connectivity index (χ2n) is 14.1. The van der Waals surface area contributed by atoms with E-state index in [-0.39, 0.29) is 12.5 Å². The maximum absolute atomic E-state index is 12.4. The van der Waals surface area contributed by atoms with Gasteiger partial charge < -0.3 is 15.5 Å². The van der Waals surface area contributed by atoms with Crippen LogP contribution in [0.3, 0.4) is 0 Å². The van der Waals surface area contributed by atoms with Gasteiger partial charge in [0.15, 0.2) is 0 Å². The third kappa shape index (κ3) is 32.8. The van der Waals surface area contributed by atoms with E-state index >= 15 is 0 Å². The maximum Gasteiger partial charge on any atom is 0.220 e. The Balaban J connectivity index is 3.49. The second-order valence-corrected chi connectivity index (χ2v) is 14.1. The molecule has 2 unspecified atom stereocenters. The van der Waals surface area contributed by atoms with Crippen LogP contribution in [0.25, 0.3) is 0 Å². The summed E-state index contributed by atoms with van der Waals surface area (Å²) in [5.74, 6) is -0.0276. The fourth-order valence-electron chi connectivity index (χ4n) is 6.48. The number of carbonyl (C=O) groups excluding carboxylic acids is 1. The molecule has 0 aliphatic rings. The van der Waals surface area contributed by atoms with Crippen molar-refractivity contribution in [1.29, 1.82) is 0 Å². The third-order valence-electron chi connectivity index (χ3n) is 9.62. The predicted molar refractivity (Wildman–Crippen MR) is 193 cm³/mol. The molecule has 0 aromatic carbocycles. The summed E-state index contributed by atoms with van der Waals surface area (Å²) >= 11 is 0. The summed E-state index contributed by atoms with van der Waals surface area (Å²) in [5.41, 5.74) is 0. The third-order valence-corrected chi connectivity index (χ3v) is 9.62. The van der Waals surface area contributed by atoms with E-state index in [2.05, 4.69) is 19.2 Å². The van der Waals surface area contributed by atoms with Gasteiger partial charge in [-0.2, -0.15) is 0 Å². The summed E-state index contributed by atoms with van der Waals surface area (Å²) in [6.07, 6.45) is 43.1. The number of hydrogen-bond donors (Lipinski definition) is 3. The van der Waals surface area contributed by atoms with Crippen LogP contribution < -0.4 is 5.32 Å². The zero-order valence-electron chi connectivity index (χ0n) is 30.2. The first-order valence-corrected chi connectivity index (χ1v) is 20.2. The molecule has 0 spiro atoms. The average Bonchev–Trinajstić information content (AvgIpc) is 3.03. The molecular formula is C40H81NO3. The first-order chi connectivity index (χ1) is 21.7. The van der Waals surface area contributed by atoms with Gasteiger partial charge in [-0.1, -0.05) is 213 Å². The van der Waals surface area contributed by atoms with Gasteiger partial charge in [-0.05, 0) is 12.8 Å². The number of nitrogens with one attached hydrogen (secondary N) is 1. The molecule has 0 saturated heterocycles. The highest BCUT2D eigenvalue weighted by molar-refractivity contribution is 5.76. The largest absolute Gasteiger partial charge is 0.394 e. The van der Waals surface area contributed by atoms with E-state index in [0.29, 0.717) is 12.8 Å². The molecule has 44 heavy (non-hydrogen) atoms. The molecule has 2 atom stereocenters. The molecule has 3 N–H and O–H groups in total. The van der Waals surface area contributed by atoms with Crippen LogP contribution in [-0.2, 0) is 4.79 Å². The molecule has 0 bridgehead atoms. The highest BCUT2D eigenvalue weighted by atomic mass is 16.3. The number of rotatable bonds is 37. The van der Waals surface area contributed by atoms with Gasteiger partial charge in [0, 0.05) is 6.42 Å². The van der Waals surface area contributed by atoms with E-state index in [1.165, 1.54) is 180 Å². The van der Waals surface area contributed by atoms with Crippen LogP contribution >= 0.6 is 0 Å². The zero-order valence-corrected chi connectivity index (χ0v) is 30.2. The van der Waals surface area contributed by atoms with Crippen LogP contribution in [0.1, 0.15) is 232 Å². The highest BCUT2D eigenvalue weighted by Crippen LogP contribution is 2.16. The number of amides is 1. The molecule has 0 fully saturated rings. The Hall–Kier alpha value is -0.610. The lowest BCUT2D eigenvalue weighted by molar-refractivity contribution is -0.123. The van der Waals surface area contributed by atoms with E-state index in [0.717, 1.165) is 25.7 Å². The van der Waals surface area contributed by atoms with Crippen molar-refractivity contribution >= 4 is 5.91 Å². The quantitative estimate of drug-likeness (QED) is 0.0603. The summed E-state index contributed by atoms with van der Waals surface area (Å²) in [4.78, 5) is 12.4. The second kappa shape index (κ2) is 36.9. The molecule has 264 valence electrons. The van der Waals surface area contributed by atoms with Crippen molar-refractivity contribution in [2.75, 3.05) is 6.61 Å². The number of carbonyl (C=O) groups is 1. The summed E-state index contributed by atoms with van der Waals surface area (Å²) in [5, 5.41) is 23.1. The molecule has 0 saturated carbocycles. The van der Waals surface area contributed by atoms with E-state index in [1.807, 2.05) is 0 Å². The van der Waals surface area contributed by atoms with Gasteiger partial charge in [-0.25, -0.2) is 0 Å². The minimum absolute atomic E-state index is 0.0276. The van der Waals surface area contributed by atoms with Crippen LogP contribution in [0.2, 0.25) is 0 Å². The number of aliphatic hydroxyl groups is 2. The van der Waals surface area contributed by atoms with Gasteiger partial charge in [0.2, 0.25) is 5.91 Å². The van der Waals surface area contributed by atoms with Gasteiger partial charge in [0.25, 0.3) is 0 Å². The van der Waals surface area contributed by atoms with Crippen molar-refractivity contribution in [3.05, 3.63) is 0 Å². The highest BCUT2D eigenvalue weighted by Gasteiger charge is 2.19. The van der Waals surface area contributed by atoms with Crippen LogP contribution in [0.15, 0.2) is 0 Å². The normalized spacial score (nSPS) is 12.9. The molecule has 1 amide bonds. The Morgan fingerprint density at radius 3 is 1.02 bits per heavy atom. The lowest BCUT2D eigenvalue weighted by Crippen LogP contribution is -2.45. The first kappa shape index (κ1) is 43.4. The first-order valence-electron chi connectivity index (χ1n) is 20.2. The number of unbranched alkanes of at least 4 members (excludes halogenated alkanes) is 30. The SMILES string of the molecule is CCCCCCCCCCCCCCCCCCCC(O)C(CO)NC(=O)CCCCCCCCCCCCCCCCC. The molecule has 4 heteroatoms. The molecule has 0 aliphatic carbocycles. The smallest absolute Gasteiger partial charge is 0.220 e. The topological polar surface area (TPSA) is 69.6 Å². The van der Waals surface area contributed by atoms with Crippen molar-refractivity contribution < 1.29 is 15.0 Å². The van der Waals surface area contributed by atoms with Crippen molar-refractivity contribution in [2.45, 2.75) is 244 Å². The minimum Gasteiger partial charge on any atom is -0.394 e. The summed E-state index contributed by atoms with van der Waals surface area (Å²) in [6.45, 7) is 4.37. The standard InChI is InChI=1S/C40H81NO3/c1-3-5-7-9-11-13-15-17-19-20-22-23-25-27-29-31-33-35-39(43)38(37-42)41-40(44)36-34-32-30-28-26-24-21-18-16-14-12-10-8-6-4-2/h38-39,42-43H,3-37H2,1-2H3,(H,41,44). The molecule has 0 rings (SSSR count). The van der Waals surface area contributed by atoms with Crippen LogP contribution in [0.5, 0.6) is 0 Å². The van der Waals surface area contributed by atoms with Crippen molar-refractivity contribution in [2.24, 2.45) is 0 Å². The van der Waals surface area contributed by atoms with Crippen LogP contribution in [-0.4, -0.2) is 34.9 Å². The van der Waals surface area contributed by atoms with E-state index < -0.39 is 12.1 Å². The molecular weight excluding hydrogens is 542 g/mol. The van der Waals surface area contributed by atoms with Gasteiger partial charge in [-0.3, -0.25) is 4.79 Å². The fraction of sp³-hybridized carbons (Fsp3) is 0.975. The summed E-state index contributed by atoms with van der Waals surface area (Å²) in [7, 11) is 0. The molecule has 0 heterocycles. The molecule has 0 radical (unpaired) electrons. The lowest BCUT2D eigenvalue weighted by atomic mass is 10.0. The minimum atomic E-state index is -0.652. The van der Waals surface area contributed by atoms with Crippen molar-refractivity contribution in [3.63, 3.8) is 0 Å². The monoisotopic (exact) mass is 624 g/mol. The van der Waals surface area contributed by atoms with Gasteiger partial charge >= 0.3 is 0 Å². The maximum atomic E-state index is 12.4. The number of aliphatic hydroxyl groups excluding tert-OH is 2. The van der Waals surface area contributed by atoms with Crippen LogP contribution in [0.4, 0.5) is 0 Å². The summed E-state index contributed by atoms with van der Waals surface area (Å²) < 4.78 is 0. The Morgan fingerprint density at radius 1 is 0.455 bits per heavy atom. The van der Waals surface area contributed by atoms with E-state index in [4.69, 9.17) is 0 Å². The Morgan fingerprint density at radius 2 is 0.727 bits per heavy atom. The number of hydrogen-bond acceptors (Lipinski definition) is 3. The van der Waals surface area contributed by atoms with Gasteiger partial charge in [0.1, 0.15) is 0 Å².